The molecule has 3 N–H and O–H groups in total. The number of hydrogen-bond acceptors (Lipinski definition) is 11. The van der Waals surface area contributed by atoms with E-state index in [1.807, 2.05) is 0 Å². The Morgan fingerprint density at radius 2 is 2.11 bits per heavy atom. The predicted molar refractivity (Wildman–Crippen MR) is 125 cm³/mol. The molecule has 3 aromatic rings. The molecule has 0 aliphatic carbocycles. The highest BCUT2D eigenvalue weighted by atomic mass is 31.2. The van der Waals surface area contributed by atoms with Gasteiger partial charge in [-0.25, -0.2) is 23.9 Å². The van der Waals surface area contributed by atoms with Crippen LogP contribution in [0.5, 0.6) is 0 Å². The van der Waals surface area contributed by atoms with Crippen molar-refractivity contribution in [2.45, 2.75) is 44.0 Å². The number of nitrogen functional groups attached to an aromatic ring is 1. The van der Waals surface area contributed by atoms with Crippen molar-refractivity contribution in [2.75, 3.05) is 19.5 Å². The number of aliphatic hydroxyl groups is 1. The maximum Gasteiger partial charge on any atom is 0.531 e. The monoisotopic (exact) mass is 521 g/mol. The fraction of sp³-hybridized carbons (Fsp3) is 0.409. The lowest BCUT2D eigenvalue weighted by Gasteiger charge is -2.33. The molecule has 2 aliphatic heterocycles. The first-order chi connectivity index (χ1) is 17.1. The first kappa shape index (κ1) is 24.8. The Balaban J connectivity index is 1.35. The normalized spacial score (nSPS) is 29.8. The van der Waals surface area contributed by atoms with Crippen LogP contribution >= 0.6 is 7.82 Å². The number of imidazole rings is 1. The average Bonchev–Trinajstić information content (AvgIpc) is 3.38. The van der Waals surface area contributed by atoms with Crippen LogP contribution in [-0.4, -0.2) is 62.3 Å². The number of ether oxygens (including phenoxy) is 2. The van der Waals surface area contributed by atoms with Crippen LogP contribution in [0.2, 0.25) is 0 Å². The Kier molecular flexibility index (Phi) is 6.31. The largest absolute Gasteiger partial charge is 0.531 e. The number of aromatic nitrogens is 4. The van der Waals surface area contributed by atoms with E-state index in [0.717, 1.165) is 0 Å². The molecule has 0 spiro atoms. The SMILES string of the molecule is COC1C(O)[C@@H](COP2(=O)OC(c3cccc(F)c3)=CC(C)(C)O2)O[C@H]1n1cnc2c(N)ncnc21. The van der Waals surface area contributed by atoms with Crippen LogP contribution in [0.1, 0.15) is 25.6 Å². The van der Waals surface area contributed by atoms with Crippen LogP contribution in [0.15, 0.2) is 43.0 Å². The first-order valence-electron chi connectivity index (χ1n) is 11.0. The van der Waals surface area contributed by atoms with Gasteiger partial charge in [-0.05, 0) is 32.1 Å². The van der Waals surface area contributed by atoms with E-state index in [9.17, 15) is 14.1 Å². The second-order valence-corrected chi connectivity index (χ2v) is 10.4. The van der Waals surface area contributed by atoms with Crippen LogP contribution in [0.3, 0.4) is 0 Å². The number of fused-ring (bicyclic) bond motifs is 1. The highest BCUT2D eigenvalue weighted by Crippen LogP contribution is 2.59. The van der Waals surface area contributed by atoms with Crippen molar-refractivity contribution in [3.05, 3.63) is 54.4 Å². The third-order valence-electron chi connectivity index (χ3n) is 5.79. The summed E-state index contributed by atoms with van der Waals surface area (Å²) in [4.78, 5) is 12.3. The Bertz CT molecular complexity index is 1370. The molecule has 12 nitrogen and oxygen atoms in total. The van der Waals surface area contributed by atoms with Crippen molar-refractivity contribution in [1.82, 2.24) is 19.5 Å². The summed E-state index contributed by atoms with van der Waals surface area (Å²) in [5, 5.41) is 10.9. The Labute approximate surface area is 205 Å². The predicted octanol–water partition coefficient (Wildman–Crippen LogP) is 2.81. The van der Waals surface area contributed by atoms with Gasteiger partial charge in [0.2, 0.25) is 0 Å². The second kappa shape index (κ2) is 9.18. The molecule has 0 saturated carbocycles. The number of aliphatic hydroxyl groups excluding tert-OH is 1. The lowest BCUT2D eigenvalue weighted by atomic mass is 10.1. The summed E-state index contributed by atoms with van der Waals surface area (Å²) in [6.45, 7) is 2.98. The number of hydrogen-bond donors (Lipinski definition) is 2. The zero-order valence-electron chi connectivity index (χ0n) is 19.6. The zero-order chi connectivity index (χ0) is 25.7. The Morgan fingerprint density at radius 3 is 2.86 bits per heavy atom. The maximum atomic E-state index is 13.8. The third-order valence-corrected chi connectivity index (χ3v) is 7.37. The van der Waals surface area contributed by atoms with E-state index < -0.39 is 43.8 Å². The molecule has 36 heavy (non-hydrogen) atoms. The quantitative estimate of drug-likeness (QED) is 0.460. The van der Waals surface area contributed by atoms with E-state index >= 15 is 0 Å². The van der Waals surface area contributed by atoms with Gasteiger partial charge < -0.3 is 24.8 Å². The van der Waals surface area contributed by atoms with Gasteiger partial charge in [0, 0.05) is 12.7 Å². The Hall–Kier alpha value is -2.93. The number of phosphoric acid groups is 1. The van der Waals surface area contributed by atoms with E-state index in [0.29, 0.717) is 16.7 Å². The van der Waals surface area contributed by atoms with Gasteiger partial charge in [0.15, 0.2) is 17.7 Å². The molecule has 192 valence electrons. The fourth-order valence-electron chi connectivity index (χ4n) is 4.18. The van der Waals surface area contributed by atoms with Gasteiger partial charge in [0.25, 0.3) is 0 Å². The smallest absolute Gasteiger partial charge is 0.404 e. The summed E-state index contributed by atoms with van der Waals surface area (Å²) >= 11 is 0. The van der Waals surface area contributed by atoms with Crippen LogP contribution in [-0.2, 0) is 27.6 Å². The first-order valence-corrected chi connectivity index (χ1v) is 12.5. The van der Waals surface area contributed by atoms with E-state index in [1.54, 1.807) is 30.6 Å². The molecule has 1 saturated heterocycles. The molecule has 0 amide bonds. The van der Waals surface area contributed by atoms with E-state index in [4.69, 9.17) is 28.8 Å². The summed E-state index contributed by atoms with van der Waals surface area (Å²) in [6.07, 6.45) is 0.512. The van der Waals surface area contributed by atoms with Gasteiger partial charge in [-0.1, -0.05) is 12.1 Å². The minimum atomic E-state index is -4.18. The summed E-state index contributed by atoms with van der Waals surface area (Å²) in [5.41, 5.74) is 5.96. The molecule has 5 rings (SSSR count). The maximum absolute atomic E-state index is 13.8. The molecule has 1 fully saturated rings. The van der Waals surface area contributed by atoms with Crippen molar-refractivity contribution < 1.29 is 37.1 Å². The summed E-state index contributed by atoms with van der Waals surface area (Å²) in [7, 11) is -2.76. The van der Waals surface area contributed by atoms with Gasteiger partial charge in [0.1, 0.15) is 41.7 Å². The molecular weight excluding hydrogens is 496 g/mol. The van der Waals surface area contributed by atoms with Gasteiger partial charge in [-0.15, -0.1) is 0 Å². The second-order valence-electron chi connectivity index (χ2n) is 8.89. The number of halogens is 1. The minimum Gasteiger partial charge on any atom is -0.404 e. The molecule has 2 aliphatic rings. The lowest BCUT2D eigenvalue weighted by molar-refractivity contribution is -0.0601. The van der Waals surface area contributed by atoms with Crippen LogP contribution in [0.4, 0.5) is 10.2 Å². The highest BCUT2D eigenvalue weighted by Gasteiger charge is 2.48. The van der Waals surface area contributed by atoms with Gasteiger partial charge >= 0.3 is 7.82 Å². The Morgan fingerprint density at radius 1 is 1.31 bits per heavy atom. The van der Waals surface area contributed by atoms with E-state index in [1.165, 1.54) is 38.0 Å². The average molecular weight is 521 g/mol. The number of anilines is 1. The number of nitrogens with two attached hydrogens (primary N) is 1. The molecule has 2 aromatic heterocycles. The fourth-order valence-corrected chi connectivity index (χ4v) is 5.68. The van der Waals surface area contributed by atoms with Gasteiger partial charge in [-0.2, -0.15) is 0 Å². The lowest BCUT2D eigenvalue weighted by Crippen LogP contribution is -2.35. The molecule has 1 aromatic carbocycles. The number of rotatable bonds is 6. The van der Waals surface area contributed by atoms with Crippen molar-refractivity contribution in [3.63, 3.8) is 0 Å². The molecule has 4 heterocycles. The third kappa shape index (κ3) is 4.61. The van der Waals surface area contributed by atoms with E-state index in [-0.39, 0.29) is 18.2 Å². The van der Waals surface area contributed by atoms with Crippen molar-refractivity contribution in [2.24, 2.45) is 0 Å². The number of methoxy groups -OCH3 is 1. The standard InChI is InChI=1S/C22H25FN5O7P/c1-22(2)8-14(12-5-4-6-13(23)7-12)34-36(30,35-22)32-9-15-17(29)18(31-3)21(33-15)28-11-27-16-19(24)25-10-26-20(16)28/h4-8,10-11,15,17-18,21,29H,9H2,1-3H3,(H2,24,25,26)/t15-,17?,18?,21-,36?/m1/s1. The van der Waals surface area contributed by atoms with Crippen molar-refractivity contribution >= 4 is 30.6 Å². The molecule has 5 atom stereocenters. The summed E-state index contributed by atoms with van der Waals surface area (Å²) < 4.78 is 57.0. The van der Waals surface area contributed by atoms with Crippen molar-refractivity contribution in [3.8, 4) is 0 Å². The van der Waals surface area contributed by atoms with Crippen LogP contribution in [0.25, 0.3) is 16.9 Å². The van der Waals surface area contributed by atoms with Gasteiger partial charge in [0.05, 0.1) is 18.5 Å². The minimum absolute atomic E-state index is 0.150. The topological polar surface area (TPSA) is 153 Å². The molecule has 0 radical (unpaired) electrons. The van der Waals surface area contributed by atoms with Gasteiger partial charge in [-0.3, -0.25) is 13.6 Å². The number of benzene rings is 1. The van der Waals surface area contributed by atoms with Crippen molar-refractivity contribution in [1.29, 1.82) is 0 Å². The molecule has 14 heteroatoms. The van der Waals surface area contributed by atoms with Crippen LogP contribution in [0, 0.1) is 5.82 Å². The van der Waals surface area contributed by atoms with Crippen LogP contribution < -0.4 is 5.73 Å². The molecular formula is C22H25FN5O7P. The highest BCUT2D eigenvalue weighted by molar-refractivity contribution is 7.49. The molecule has 3 unspecified atom stereocenters. The number of nitrogens with zero attached hydrogens (tertiary/aromatic N) is 4. The summed E-state index contributed by atoms with van der Waals surface area (Å²) in [6, 6.07) is 5.66. The zero-order valence-corrected chi connectivity index (χ0v) is 20.5. The number of phosphoric ester groups is 1. The molecule has 0 bridgehead atoms. The summed E-state index contributed by atoms with van der Waals surface area (Å²) in [5.74, 6) is -0.132. The van der Waals surface area contributed by atoms with E-state index in [2.05, 4.69) is 15.0 Å².